The van der Waals surface area contributed by atoms with Crippen LogP contribution in [0.2, 0.25) is 0 Å². The highest BCUT2D eigenvalue weighted by molar-refractivity contribution is 9.10. The highest BCUT2D eigenvalue weighted by Crippen LogP contribution is 2.25. The van der Waals surface area contributed by atoms with E-state index in [9.17, 15) is 0 Å². The number of aromatic nitrogens is 1. The third kappa shape index (κ3) is 2.15. The van der Waals surface area contributed by atoms with E-state index in [1.165, 1.54) is 16.5 Å². The van der Waals surface area contributed by atoms with Gasteiger partial charge in [-0.25, -0.2) is 0 Å². The zero-order valence-electron chi connectivity index (χ0n) is 10.00. The maximum atomic E-state index is 3.53. The average molecular weight is 281 g/mol. The van der Waals surface area contributed by atoms with E-state index in [1.54, 1.807) is 0 Å². The third-order valence-corrected chi connectivity index (χ3v) is 3.25. The van der Waals surface area contributed by atoms with Gasteiger partial charge in [0.05, 0.1) is 0 Å². The van der Waals surface area contributed by atoms with Crippen molar-refractivity contribution in [1.82, 2.24) is 9.47 Å². The molecule has 2 rings (SSSR count). The third-order valence-electron chi connectivity index (χ3n) is 2.75. The van der Waals surface area contributed by atoms with E-state index in [2.05, 4.69) is 70.8 Å². The van der Waals surface area contributed by atoms with Crippen LogP contribution in [-0.2, 0) is 13.1 Å². The van der Waals surface area contributed by atoms with Gasteiger partial charge in [0.15, 0.2) is 0 Å². The lowest BCUT2D eigenvalue weighted by Gasteiger charge is -2.07. The van der Waals surface area contributed by atoms with E-state index in [4.69, 9.17) is 0 Å². The number of benzene rings is 1. The lowest BCUT2D eigenvalue weighted by molar-refractivity contribution is 0.403. The van der Waals surface area contributed by atoms with Crippen molar-refractivity contribution in [3.63, 3.8) is 0 Å². The second kappa shape index (κ2) is 4.60. The van der Waals surface area contributed by atoms with E-state index in [-0.39, 0.29) is 0 Å². The number of rotatable bonds is 3. The molecule has 0 saturated heterocycles. The fourth-order valence-corrected chi connectivity index (χ4v) is 2.42. The van der Waals surface area contributed by atoms with E-state index >= 15 is 0 Å². The monoisotopic (exact) mass is 280 g/mol. The van der Waals surface area contributed by atoms with Gasteiger partial charge in [0.2, 0.25) is 0 Å². The molecule has 0 aliphatic rings. The molecule has 2 aromatic rings. The van der Waals surface area contributed by atoms with Gasteiger partial charge in [-0.3, -0.25) is 0 Å². The molecule has 3 heteroatoms. The van der Waals surface area contributed by atoms with Gasteiger partial charge in [0.25, 0.3) is 0 Å². The summed E-state index contributed by atoms with van der Waals surface area (Å²) in [5, 5.41) is 1.36. The maximum absolute atomic E-state index is 3.53. The zero-order chi connectivity index (χ0) is 11.7. The first-order valence-corrected chi connectivity index (χ1v) is 6.33. The molecule has 1 heterocycles. The van der Waals surface area contributed by atoms with Gasteiger partial charge in [-0.2, -0.15) is 0 Å². The van der Waals surface area contributed by atoms with Crippen molar-refractivity contribution < 1.29 is 0 Å². The van der Waals surface area contributed by atoms with Gasteiger partial charge in [0, 0.05) is 34.7 Å². The first-order chi connectivity index (χ1) is 7.61. The standard InChI is InChI=1S/C13H17BrN2/c1-4-16-9-10(8-15(2)3)12-6-5-11(14)7-13(12)16/h5-7,9H,4,8H2,1-3H3. The molecule has 0 bridgehead atoms. The summed E-state index contributed by atoms with van der Waals surface area (Å²) in [7, 11) is 4.21. The van der Waals surface area contributed by atoms with Crippen LogP contribution in [0.5, 0.6) is 0 Å². The molecule has 0 unspecified atom stereocenters. The summed E-state index contributed by atoms with van der Waals surface area (Å²) in [6, 6.07) is 6.50. The molecule has 0 aliphatic carbocycles. The van der Waals surface area contributed by atoms with Crippen molar-refractivity contribution in [1.29, 1.82) is 0 Å². The number of fused-ring (bicyclic) bond motifs is 1. The first kappa shape index (κ1) is 11.7. The quantitative estimate of drug-likeness (QED) is 0.836. The molecule has 1 aromatic carbocycles. The summed E-state index contributed by atoms with van der Waals surface area (Å²) < 4.78 is 3.45. The van der Waals surface area contributed by atoms with Crippen LogP contribution in [0.15, 0.2) is 28.9 Å². The Morgan fingerprint density at radius 3 is 2.69 bits per heavy atom. The molecule has 1 aromatic heterocycles. The summed E-state index contributed by atoms with van der Waals surface area (Å²) in [5.74, 6) is 0. The van der Waals surface area contributed by atoms with Crippen molar-refractivity contribution in [2.75, 3.05) is 14.1 Å². The van der Waals surface area contributed by atoms with Crippen molar-refractivity contribution in [2.24, 2.45) is 0 Å². The predicted molar refractivity (Wildman–Crippen MR) is 72.7 cm³/mol. The molecule has 0 amide bonds. The van der Waals surface area contributed by atoms with Gasteiger partial charge in [0.1, 0.15) is 0 Å². The number of nitrogens with zero attached hydrogens (tertiary/aromatic N) is 2. The molecular weight excluding hydrogens is 264 g/mol. The van der Waals surface area contributed by atoms with Crippen molar-refractivity contribution in [2.45, 2.75) is 20.0 Å². The SMILES string of the molecule is CCn1cc(CN(C)C)c2ccc(Br)cc21. The molecular formula is C13H17BrN2. The van der Waals surface area contributed by atoms with Gasteiger partial charge in [-0.1, -0.05) is 22.0 Å². The topological polar surface area (TPSA) is 8.17 Å². The second-order valence-electron chi connectivity index (χ2n) is 4.34. The molecule has 0 radical (unpaired) electrons. The fourth-order valence-electron chi connectivity index (χ4n) is 2.07. The summed E-state index contributed by atoms with van der Waals surface area (Å²) in [4.78, 5) is 2.21. The molecule has 86 valence electrons. The highest BCUT2D eigenvalue weighted by Gasteiger charge is 2.08. The Morgan fingerprint density at radius 2 is 2.06 bits per heavy atom. The minimum absolute atomic E-state index is 0.991. The molecule has 0 N–H and O–H groups in total. The first-order valence-electron chi connectivity index (χ1n) is 5.54. The normalized spacial score (nSPS) is 11.6. The molecule has 16 heavy (non-hydrogen) atoms. The van der Waals surface area contributed by atoms with Gasteiger partial charge in [-0.05, 0) is 38.7 Å². The predicted octanol–water partition coefficient (Wildman–Crippen LogP) is 3.49. The maximum Gasteiger partial charge on any atom is 0.0494 e. The summed E-state index contributed by atoms with van der Waals surface area (Å²) >= 11 is 3.53. The van der Waals surface area contributed by atoms with E-state index in [0.29, 0.717) is 0 Å². The van der Waals surface area contributed by atoms with E-state index < -0.39 is 0 Å². The molecule has 0 atom stereocenters. The Labute approximate surface area is 105 Å². The number of hydrogen-bond acceptors (Lipinski definition) is 1. The van der Waals surface area contributed by atoms with Crippen LogP contribution in [0.4, 0.5) is 0 Å². The molecule has 0 aliphatic heterocycles. The van der Waals surface area contributed by atoms with Gasteiger partial charge in [-0.15, -0.1) is 0 Å². The Bertz CT molecular complexity index is 500. The van der Waals surface area contributed by atoms with E-state index in [1.807, 2.05) is 0 Å². The van der Waals surface area contributed by atoms with Crippen LogP contribution < -0.4 is 0 Å². The summed E-state index contributed by atoms with van der Waals surface area (Å²) in [6.45, 7) is 4.19. The minimum Gasteiger partial charge on any atom is -0.347 e. The van der Waals surface area contributed by atoms with Crippen LogP contribution in [0, 0.1) is 0 Å². The summed E-state index contributed by atoms with van der Waals surface area (Å²) in [6.07, 6.45) is 2.26. The lowest BCUT2D eigenvalue weighted by Crippen LogP contribution is -2.10. The van der Waals surface area contributed by atoms with Gasteiger partial charge < -0.3 is 9.47 Å². The minimum atomic E-state index is 0.991. The lowest BCUT2D eigenvalue weighted by atomic mass is 10.2. The average Bonchev–Trinajstić information content (AvgIpc) is 2.55. The second-order valence-corrected chi connectivity index (χ2v) is 5.26. The van der Waals surface area contributed by atoms with Crippen LogP contribution in [0.25, 0.3) is 10.9 Å². The zero-order valence-corrected chi connectivity index (χ0v) is 11.6. The van der Waals surface area contributed by atoms with Crippen LogP contribution in [-0.4, -0.2) is 23.6 Å². The summed E-state index contributed by atoms with van der Waals surface area (Å²) in [5.41, 5.74) is 2.71. The Morgan fingerprint density at radius 1 is 1.31 bits per heavy atom. The van der Waals surface area contributed by atoms with Crippen molar-refractivity contribution in [3.05, 3.63) is 34.4 Å². The van der Waals surface area contributed by atoms with Crippen LogP contribution in [0.1, 0.15) is 12.5 Å². The Balaban J connectivity index is 2.58. The van der Waals surface area contributed by atoms with E-state index in [0.717, 1.165) is 17.6 Å². The molecule has 0 spiro atoms. The largest absolute Gasteiger partial charge is 0.347 e. The van der Waals surface area contributed by atoms with Gasteiger partial charge >= 0.3 is 0 Å². The highest BCUT2D eigenvalue weighted by atomic mass is 79.9. The number of aryl methyl sites for hydroxylation is 1. The number of hydrogen-bond donors (Lipinski definition) is 0. The fraction of sp³-hybridized carbons (Fsp3) is 0.385. The molecule has 2 nitrogen and oxygen atoms in total. The number of halogens is 1. The molecule has 0 fully saturated rings. The molecule has 0 saturated carbocycles. The van der Waals surface area contributed by atoms with Crippen molar-refractivity contribution >= 4 is 26.8 Å². The van der Waals surface area contributed by atoms with Crippen molar-refractivity contribution in [3.8, 4) is 0 Å². The smallest absolute Gasteiger partial charge is 0.0494 e. The Hall–Kier alpha value is -0.800. The van der Waals surface area contributed by atoms with Crippen LogP contribution >= 0.6 is 15.9 Å². The Kier molecular flexibility index (Phi) is 3.36. The van der Waals surface area contributed by atoms with Crippen LogP contribution in [0.3, 0.4) is 0 Å².